The van der Waals surface area contributed by atoms with Crippen molar-refractivity contribution >= 4 is 29.3 Å². The molecular formula is C16H19ClN2O3. The lowest BCUT2D eigenvalue weighted by molar-refractivity contribution is -0.384. The largest absolute Gasteiger partial charge is 0.350 e. The van der Waals surface area contributed by atoms with Gasteiger partial charge in [0.2, 0.25) is 5.91 Å². The SMILES string of the molecule is O=C(/C=C/c1ccc(Cl)c([N+](=O)[O-])c1)NC1CCCCCC1. The van der Waals surface area contributed by atoms with Crippen molar-refractivity contribution in [3.05, 3.63) is 45.0 Å². The third-order valence-electron chi connectivity index (χ3n) is 3.80. The van der Waals surface area contributed by atoms with E-state index in [2.05, 4.69) is 5.32 Å². The highest BCUT2D eigenvalue weighted by Crippen LogP contribution is 2.25. The summed E-state index contributed by atoms with van der Waals surface area (Å²) in [4.78, 5) is 22.2. The fourth-order valence-corrected chi connectivity index (χ4v) is 2.80. The van der Waals surface area contributed by atoms with Crippen molar-refractivity contribution in [3.8, 4) is 0 Å². The van der Waals surface area contributed by atoms with Gasteiger partial charge in [0.25, 0.3) is 5.69 Å². The van der Waals surface area contributed by atoms with Crippen molar-refractivity contribution in [3.63, 3.8) is 0 Å². The number of nitro benzene ring substituents is 1. The monoisotopic (exact) mass is 322 g/mol. The fraction of sp³-hybridized carbons (Fsp3) is 0.438. The number of carbonyl (C=O) groups is 1. The predicted octanol–water partition coefficient (Wildman–Crippen LogP) is 4.10. The molecule has 1 fully saturated rings. The van der Waals surface area contributed by atoms with Gasteiger partial charge in [-0.2, -0.15) is 0 Å². The Morgan fingerprint density at radius 1 is 1.27 bits per heavy atom. The van der Waals surface area contributed by atoms with Gasteiger partial charge in [-0.25, -0.2) is 0 Å². The van der Waals surface area contributed by atoms with Crippen LogP contribution in [0.1, 0.15) is 44.1 Å². The standard InChI is InChI=1S/C16H19ClN2O3/c17-14-9-7-12(11-15(14)19(21)22)8-10-16(20)18-13-5-3-1-2-4-6-13/h7-11,13H,1-6H2,(H,18,20)/b10-8+. The molecule has 1 aromatic carbocycles. The van der Waals surface area contributed by atoms with E-state index in [1.54, 1.807) is 12.1 Å². The second-order valence-corrected chi connectivity index (χ2v) is 5.91. The summed E-state index contributed by atoms with van der Waals surface area (Å²) >= 11 is 5.75. The van der Waals surface area contributed by atoms with Crippen LogP contribution in [0, 0.1) is 10.1 Å². The third-order valence-corrected chi connectivity index (χ3v) is 4.12. The second-order valence-electron chi connectivity index (χ2n) is 5.50. The molecule has 2 rings (SSSR count). The number of nitrogens with one attached hydrogen (secondary N) is 1. The zero-order valence-corrected chi connectivity index (χ0v) is 13.0. The minimum Gasteiger partial charge on any atom is -0.350 e. The van der Waals surface area contributed by atoms with Crippen molar-refractivity contribution in [2.45, 2.75) is 44.6 Å². The molecule has 0 spiro atoms. The molecule has 0 radical (unpaired) electrons. The zero-order valence-electron chi connectivity index (χ0n) is 12.3. The van der Waals surface area contributed by atoms with E-state index in [1.165, 1.54) is 31.1 Å². The molecule has 5 nitrogen and oxygen atoms in total. The summed E-state index contributed by atoms with van der Waals surface area (Å²) in [6.45, 7) is 0. The molecule has 1 saturated carbocycles. The topological polar surface area (TPSA) is 72.2 Å². The minimum absolute atomic E-state index is 0.0880. The lowest BCUT2D eigenvalue weighted by Crippen LogP contribution is -2.33. The number of carbonyl (C=O) groups excluding carboxylic acids is 1. The van der Waals surface area contributed by atoms with Crippen LogP contribution in [0.2, 0.25) is 5.02 Å². The van der Waals surface area contributed by atoms with Crippen LogP contribution in [0.25, 0.3) is 6.08 Å². The summed E-state index contributed by atoms with van der Waals surface area (Å²) in [7, 11) is 0. The molecule has 0 bridgehead atoms. The minimum atomic E-state index is -0.536. The van der Waals surface area contributed by atoms with Gasteiger partial charge in [0.05, 0.1) is 4.92 Å². The molecule has 0 atom stereocenters. The quantitative estimate of drug-likeness (QED) is 0.392. The molecule has 22 heavy (non-hydrogen) atoms. The molecule has 0 heterocycles. The van der Waals surface area contributed by atoms with Gasteiger partial charge in [-0.1, -0.05) is 43.4 Å². The molecule has 0 aromatic heterocycles. The lowest BCUT2D eigenvalue weighted by Gasteiger charge is -2.14. The Labute approximate surface area is 134 Å². The summed E-state index contributed by atoms with van der Waals surface area (Å²) in [6.07, 6.45) is 9.79. The van der Waals surface area contributed by atoms with Crippen molar-refractivity contribution in [2.75, 3.05) is 0 Å². The van der Waals surface area contributed by atoms with E-state index < -0.39 is 4.92 Å². The maximum atomic E-state index is 11.9. The van der Waals surface area contributed by atoms with E-state index in [0.717, 1.165) is 25.7 Å². The number of nitro groups is 1. The van der Waals surface area contributed by atoms with Crippen LogP contribution < -0.4 is 5.32 Å². The molecule has 1 aliphatic carbocycles. The average molecular weight is 323 g/mol. The van der Waals surface area contributed by atoms with Crippen LogP contribution in [0.5, 0.6) is 0 Å². The van der Waals surface area contributed by atoms with Gasteiger partial charge in [0.15, 0.2) is 0 Å². The Morgan fingerprint density at radius 2 is 1.95 bits per heavy atom. The first-order chi connectivity index (χ1) is 10.6. The molecule has 1 amide bonds. The van der Waals surface area contributed by atoms with Crippen LogP contribution in [-0.2, 0) is 4.79 Å². The van der Waals surface area contributed by atoms with E-state index >= 15 is 0 Å². The van der Waals surface area contributed by atoms with Crippen molar-refractivity contribution in [1.29, 1.82) is 0 Å². The maximum absolute atomic E-state index is 11.9. The van der Waals surface area contributed by atoms with E-state index in [1.807, 2.05) is 0 Å². The van der Waals surface area contributed by atoms with Gasteiger partial charge >= 0.3 is 0 Å². The highest BCUT2D eigenvalue weighted by atomic mass is 35.5. The number of amides is 1. The first-order valence-corrected chi connectivity index (χ1v) is 7.86. The number of hydrogen-bond acceptors (Lipinski definition) is 3. The van der Waals surface area contributed by atoms with Gasteiger partial charge in [-0.3, -0.25) is 14.9 Å². The lowest BCUT2D eigenvalue weighted by atomic mass is 10.1. The van der Waals surface area contributed by atoms with Crippen LogP contribution in [0.3, 0.4) is 0 Å². The van der Waals surface area contributed by atoms with Gasteiger partial charge in [-0.05, 0) is 30.5 Å². The van der Waals surface area contributed by atoms with Crippen molar-refractivity contribution in [1.82, 2.24) is 5.32 Å². The molecule has 0 aliphatic heterocycles. The summed E-state index contributed by atoms with van der Waals surface area (Å²) in [5, 5.41) is 13.9. The summed E-state index contributed by atoms with van der Waals surface area (Å²) < 4.78 is 0. The highest BCUT2D eigenvalue weighted by Gasteiger charge is 2.14. The molecule has 118 valence electrons. The number of benzene rings is 1. The molecule has 1 aromatic rings. The Morgan fingerprint density at radius 3 is 2.59 bits per heavy atom. The zero-order chi connectivity index (χ0) is 15.9. The first-order valence-electron chi connectivity index (χ1n) is 7.49. The summed E-state index contributed by atoms with van der Waals surface area (Å²) in [5.41, 5.74) is 0.417. The summed E-state index contributed by atoms with van der Waals surface area (Å²) in [6, 6.07) is 4.70. The molecule has 0 unspecified atom stereocenters. The molecule has 0 saturated heterocycles. The van der Waals surface area contributed by atoms with Crippen molar-refractivity contribution in [2.24, 2.45) is 0 Å². The number of nitrogens with zero attached hydrogens (tertiary/aromatic N) is 1. The molecule has 1 aliphatic rings. The van der Waals surface area contributed by atoms with Gasteiger partial charge in [-0.15, -0.1) is 0 Å². The number of rotatable bonds is 4. The molecular weight excluding hydrogens is 304 g/mol. The highest BCUT2D eigenvalue weighted by molar-refractivity contribution is 6.32. The van der Waals surface area contributed by atoms with E-state index in [4.69, 9.17) is 11.6 Å². The Hall–Kier alpha value is -1.88. The Balaban J connectivity index is 1.97. The Kier molecular flexibility index (Phi) is 5.95. The fourth-order valence-electron chi connectivity index (χ4n) is 2.62. The van der Waals surface area contributed by atoms with Gasteiger partial charge in [0.1, 0.15) is 5.02 Å². The number of halogens is 1. The molecule has 6 heteroatoms. The van der Waals surface area contributed by atoms with E-state index in [9.17, 15) is 14.9 Å². The van der Waals surface area contributed by atoms with Gasteiger partial charge < -0.3 is 5.32 Å². The first kappa shape index (κ1) is 16.5. The summed E-state index contributed by atoms with van der Waals surface area (Å²) in [5.74, 6) is -0.162. The van der Waals surface area contributed by atoms with Crippen molar-refractivity contribution < 1.29 is 9.72 Å². The predicted molar refractivity (Wildman–Crippen MR) is 86.8 cm³/mol. The van der Waals surface area contributed by atoms with Crippen LogP contribution in [-0.4, -0.2) is 16.9 Å². The Bertz CT molecular complexity index is 579. The van der Waals surface area contributed by atoms with Crippen LogP contribution in [0.4, 0.5) is 5.69 Å². The average Bonchev–Trinajstić information content (AvgIpc) is 2.74. The second kappa shape index (κ2) is 7.94. The molecule has 1 N–H and O–H groups in total. The third kappa shape index (κ3) is 4.84. The number of hydrogen-bond donors (Lipinski definition) is 1. The van der Waals surface area contributed by atoms with E-state index in [-0.39, 0.29) is 22.7 Å². The normalized spacial score (nSPS) is 16.4. The smallest absolute Gasteiger partial charge is 0.288 e. The van der Waals surface area contributed by atoms with Gasteiger partial charge in [0, 0.05) is 18.2 Å². The maximum Gasteiger partial charge on any atom is 0.288 e. The van der Waals surface area contributed by atoms with Crippen LogP contribution in [0.15, 0.2) is 24.3 Å². The van der Waals surface area contributed by atoms with Crippen LogP contribution >= 0.6 is 11.6 Å². The van der Waals surface area contributed by atoms with E-state index in [0.29, 0.717) is 5.56 Å².